The number of nitrogens with zero attached hydrogens (tertiary/aromatic N) is 1. The summed E-state index contributed by atoms with van der Waals surface area (Å²) in [5.41, 5.74) is 3.62. The highest BCUT2D eigenvalue weighted by Crippen LogP contribution is 2.28. The molecule has 4 aromatic rings. The van der Waals surface area contributed by atoms with Gasteiger partial charge in [-0.15, -0.1) is 0 Å². The molecule has 0 aliphatic rings. The van der Waals surface area contributed by atoms with Gasteiger partial charge in [0.25, 0.3) is 0 Å². The van der Waals surface area contributed by atoms with Crippen molar-refractivity contribution in [3.8, 4) is 0 Å². The Balaban J connectivity index is 1.56. The summed E-state index contributed by atoms with van der Waals surface area (Å²) in [6.45, 7) is 3.76. The third kappa shape index (κ3) is 3.69. The lowest BCUT2D eigenvalue weighted by Crippen LogP contribution is -2.29. The summed E-state index contributed by atoms with van der Waals surface area (Å²) in [4.78, 5) is 12.7. The van der Waals surface area contributed by atoms with Crippen molar-refractivity contribution in [2.45, 2.75) is 32.7 Å². The van der Waals surface area contributed by atoms with Crippen molar-refractivity contribution in [1.82, 2.24) is 10.5 Å². The zero-order valence-electron chi connectivity index (χ0n) is 15.9. The summed E-state index contributed by atoms with van der Waals surface area (Å²) in [5, 5.41) is 8.10. The molecule has 142 valence electrons. The zero-order chi connectivity index (χ0) is 19.5. The fraction of sp³-hybridized carbons (Fsp3) is 0.217. The number of amides is 1. The second-order valence-corrected chi connectivity index (χ2v) is 6.90. The molecular weight excluding hydrogens is 352 g/mol. The van der Waals surface area contributed by atoms with Crippen LogP contribution in [0.5, 0.6) is 0 Å². The molecule has 0 saturated carbocycles. The summed E-state index contributed by atoms with van der Waals surface area (Å²) < 4.78 is 11.2. The molecule has 5 heteroatoms. The number of hydrogen-bond donors (Lipinski definition) is 1. The third-order valence-corrected chi connectivity index (χ3v) is 4.95. The number of aryl methyl sites for hydroxylation is 2. The van der Waals surface area contributed by atoms with Crippen LogP contribution in [0.2, 0.25) is 0 Å². The maximum Gasteiger partial charge on any atom is 0.221 e. The van der Waals surface area contributed by atoms with Gasteiger partial charge in [0, 0.05) is 17.4 Å². The highest BCUT2D eigenvalue weighted by molar-refractivity contribution is 5.80. The van der Waals surface area contributed by atoms with Crippen LogP contribution in [0.1, 0.15) is 40.8 Å². The first-order valence-corrected chi connectivity index (χ1v) is 9.36. The average molecular weight is 374 g/mol. The molecule has 0 spiro atoms. The lowest BCUT2D eigenvalue weighted by Gasteiger charge is -2.17. The number of fused-ring (bicyclic) bond motifs is 1. The minimum atomic E-state index is -0.342. The highest BCUT2D eigenvalue weighted by atomic mass is 16.5. The molecule has 2 aromatic heterocycles. The van der Waals surface area contributed by atoms with Crippen molar-refractivity contribution in [3.63, 3.8) is 0 Å². The molecule has 4 rings (SSSR count). The summed E-state index contributed by atoms with van der Waals surface area (Å²) in [5.74, 6) is 1.44. The zero-order valence-corrected chi connectivity index (χ0v) is 15.9. The third-order valence-electron chi connectivity index (χ3n) is 4.95. The average Bonchev–Trinajstić information content (AvgIpc) is 3.28. The Morgan fingerprint density at radius 3 is 2.54 bits per heavy atom. The number of furan rings is 1. The first kappa shape index (κ1) is 18.0. The van der Waals surface area contributed by atoms with Gasteiger partial charge in [0.1, 0.15) is 23.1 Å². The number of hydrogen-bond acceptors (Lipinski definition) is 4. The Bertz CT molecular complexity index is 1040. The van der Waals surface area contributed by atoms with Gasteiger partial charge in [0.05, 0.1) is 5.69 Å². The van der Waals surface area contributed by atoms with Crippen molar-refractivity contribution in [3.05, 3.63) is 89.0 Å². The molecule has 0 saturated heterocycles. The fourth-order valence-electron chi connectivity index (χ4n) is 3.44. The topological polar surface area (TPSA) is 68.3 Å². The van der Waals surface area contributed by atoms with Gasteiger partial charge < -0.3 is 14.3 Å². The van der Waals surface area contributed by atoms with Crippen molar-refractivity contribution < 1.29 is 13.7 Å². The van der Waals surface area contributed by atoms with Crippen LogP contribution in [0.4, 0.5) is 0 Å². The quantitative estimate of drug-likeness (QED) is 0.522. The Morgan fingerprint density at radius 2 is 1.82 bits per heavy atom. The van der Waals surface area contributed by atoms with Crippen LogP contribution in [0, 0.1) is 13.8 Å². The van der Waals surface area contributed by atoms with Crippen LogP contribution in [-0.4, -0.2) is 11.1 Å². The highest BCUT2D eigenvalue weighted by Gasteiger charge is 2.21. The molecule has 1 amide bonds. The number of nitrogens with one attached hydrogen (secondary N) is 1. The smallest absolute Gasteiger partial charge is 0.221 e. The van der Waals surface area contributed by atoms with E-state index in [0.717, 1.165) is 39.3 Å². The summed E-state index contributed by atoms with van der Waals surface area (Å²) >= 11 is 0. The number of aromatic nitrogens is 1. The minimum Gasteiger partial charge on any atom is -0.459 e. The molecule has 5 nitrogen and oxygen atoms in total. The molecule has 2 aromatic carbocycles. The number of rotatable bonds is 6. The van der Waals surface area contributed by atoms with Crippen LogP contribution in [-0.2, 0) is 11.2 Å². The van der Waals surface area contributed by atoms with E-state index < -0.39 is 0 Å². The summed E-state index contributed by atoms with van der Waals surface area (Å²) in [6.07, 6.45) is 0.946. The van der Waals surface area contributed by atoms with Crippen LogP contribution >= 0.6 is 0 Å². The second kappa shape index (κ2) is 7.72. The monoisotopic (exact) mass is 374 g/mol. The van der Waals surface area contributed by atoms with Gasteiger partial charge in [-0.1, -0.05) is 53.7 Å². The predicted octanol–water partition coefficient (Wildman–Crippen LogP) is 4.88. The lowest BCUT2D eigenvalue weighted by atomic mass is 10.0. The largest absolute Gasteiger partial charge is 0.459 e. The Labute approximate surface area is 163 Å². The SMILES string of the molecule is Cc1noc(C)c1CCC(=O)NC(c1ccccc1)c1cc2ccccc2o1. The number of carbonyl (C=O) groups excluding carboxylic acids is 1. The molecule has 2 heterocycles. The second-order valence-electron chi connectivity index (χ2n) is 6.90. The van der Waals surface area contributed by atoms with Crippen molar-refractivity contribution in [2.75, 3.05) is 0 Å². The van der Waals surface area contributed by atoms with E-state index >= 15 is 0 Å². The molecular formula is C23H22N2O3. The molecule has 0 aliphatic heterocycles. The molecule has 0 fully saturated rings. The number of para-hydroxylation sites is 1. The van der Waals surface area contributed by atoms with E-state index in [1.807, 2.05) is 74.5 Å². The molecule has 0 bridgehead atoms. The van der Waals surface area contributed by atoms with Crippen molar-refractivity contribution in [1.29, 1.82) is 0 Å². The first-order valence-electron chi connectivity index (χ1n) is 9.36. The maximum absolute atomic E-state index is 12.7. The molecule has 1 unspecified atom stereocenters. The van der Waals surface area contributed by atoms with E-state index in [1.165, 1.54) is 0 Å². The van der Waals surface area contributed by atoms with Crippen LogP contribution in [0.25, 0.3) is 11.0 Å². The van der Waals surface area contributed by atoms with E-state index in [2.05, 4.69) is 10.5 Å². The lowest BCUT2D eigenvalue weighted by molar-refractivity contribution is -0.121. The Kier molecular flexibility index (Phi) is 4.98. The van der Waals surface area contributed by atoms with Crippen LogP contribution in [0.15, 0.2) is 69.6 Å². The molecule has 1 atom stereocenters. The normalized spacial score (nSPS) is 12.2. The molecule has 0 radical (unpaired) electrons. The summed E-state index contributed by atoms with van der Waals surface area (Å²) in [6, 6.07) is 19.4. The summed E-state index contributed by atoms with van der Waals surface area (Å²) in [7, 11) is 0. The maximum atomic E-state index is 12.7. The van der Waals surface area contributed by atoms with E-state index in [9.17, 15) is 4.79 Å². The fourth-order valence-corrected chi connectivity index (χ4v) is 3.44. The van der Waals surface area contributed by atoms with Gasteiger partial charge >= 0.3 is 0 Å². The van der Waals surface area contributed by atoms with Gasteiger partial charge in [-0.3, -0.25) is 4.79 Å². The molecule has 1 N–H and O–H groups in total. The van der Waals surface area contributed by atoms with E-state index in [-0.39, 0.29) is 11.9 Å². The van der Waals surface area contributed by atoms with E-state index in [1.54, 1.807) is 0 Å². The number of carbonyl (C=O) groups is 1. The first-order chi connectivity index (χ1) is 13.6. The van der Waals surface area contributed by atoms with Gasteiger partial charge in [-0.25, -0.2) is 0 Å². The molecule has 0 aliphatic carbocycles. The standard InChI is InChI=1S/C23H22N2O3/c1-15-19(16(2)28-25-15)12-13-22(26)24-23(17-8-4-3-5-9-17)21-14-18-10-6-7-11-20(18)27-21/h3-11,14,23H,12-13H2,1-2H3,(H,24,26). The van der Waals surface area contributed by atoms with Crippen LogP contribution < -0.4 is 5.32 Å². The van der Waals surface area contributed by atoms with Gasteiger partial charge in [0.15, 0.2) is 0 Å². The van der Waals surface area contributed by atoms with E-state index in [0.29, 0.717) is 12.8 Å². The number of benzene rings is 2. The van der Waals surface area contributed by atoms with Gasteiger partial charge in [0.2, 0.25) is 5.91 Å². The Morgan fingerprint density at radius 1 is 1.07 bits per heavy atom. The Hall–Kier alpha value is -3.34. The van der Waals surface area contributed by atoms with Gasteiger partial charge in [-0.2, -0.15) is 0 Å². The van der Waals surface area contributed by atoms with Crippen molar-refractivity contribution >= 4 is 16.9 Å². The van der Waals surface area contributed by atoms with E-state index in [4.69, 9.17) is 8.94 Å². The minimum absolute atomic E-state index is 0.0469. The molecule has 28 heavy (non-hydrogen) atoms. The van der Waals surface area contributed by atoms with Gasteiger partial charge in [-0.05, 0) is 38.0 Å². The van der Waals surface area contributed by atoms with Crippen molar-refractivity contribution in [2.24, 2.45) is 0 Å². The van der Waals surface area contributed by atoms with Crippen LogP contribution in [0.3, 0.4) is 0 Å². The predicted molar refractivity (Wildman–Crippen MR) is 107 cm³/mol.